The van der Waals surface area contributed by atoms with Crippen molar-refractivity contribution in [3.05, 3.63) is 45.5 Å². The number of nitrogens with zero attached hydrogens (tertiary/aromatic N) is 1. The van der Waals surface area contributed by atoms with Gasteiger partial charge in [-0.05, 0) is 49.4 Å². The molecule has 0 saturated carbocycles. The molecule has 0 saturated heterocycles. The third kappa shape index (κ3) is 3.42. The van der Waals surface area contributed by atoms with Gasteiger partial charge in [0.05, 0.1) is 24.3 Å². The van der Waals surface area contributed by atoms with Crippen LogP contribution in [0.25, 0.3) is 0 Å². The molecule has 2 aromatic heterocycles. The second-order valence-corrected chi connectivity index (χ2v) is 6.70. The normalized spacial score (nSPS) is 13.9. The number of amides is 1. The van der Waals surface area contributed by atoms with E-state index in [1.54, 1.807) is 29.6 Å². The minimum atomic E-state index is 0.0767. The number of carbonyl (C=O) groups is 1. The number of hydrogen-bond donors (Lipinski definition) is 0. The van der Waals surface area contributed by atoms with Gasteiger partial charge in [-0.2, -0.15) is 0 Å². The van der Waals surface area contributed by atoms with Crippen molar-refractivity contribution in [2.24, 2.45) is 0 Å². The topological polar surface area (TPSA) is 42.7 Å². The maximum Gasteiger partial charge on any atom is 0.264 e. The summed E-state index contributed by atoms with van der Waals surface area (Å²) in [4.78, 5) is 16.9. The number of methoxy groups -OCH3 is 1. The molecule has 0 aliphatic heterocycles. The fourth-order valence-electron chi connectivity index (χ4n) is 2.80. The summed E-state index contributed by atoms with van der Waals surface area (Å²) < 4.78 is 10.5. The minimum Gasteiger partial charge on any atom is -0.467 e. The van der Waals surface area contributed by atoms with Crippen molar-refractivity contribution in [1.82, 2.24) is 4.90 Å². The van der Waals surface area contributed by atoms with Crippen molar-refractivity contribution in [3.8, 4) is 0 Å². The molecular formula is C17H21NO3S. The molecule has 0 spiro atoms. The van der Waals surface area contributed by atoms with Crippen LogP contribution in [0.2, 0.25) is 0 Å². The van der Waals surface area contributed by atoms with Crippen LogP contribution in [-0.4, -0.2) is 31.1 Å². The van der Waals surface area contributed by atoms with Gasteiger partial charge in [-0.3, -0.25) is 4.79 Å². The molecule has 0 bridgehead atoms. The molecule has 0 N–H and O–H groups in total. The first-order chi connectivity index (χ1) is 10.8. The highest BCUT2D eigenvalue weighted by Gasteiger charge is 2.22. The van der Waals surface area contributed by atoms with Crippen molar-refractivity contribution in [3.63, 3.8) is 0 Å². The standard InChI is InChI=1S/C17H21NO3S/c1-20-10-8-18(12-14-6-4-9-21-14)17(19)16-11-13-5-2-3-7-15(13)22-16/h4,6,9,11H,2-3,5,7-8,10,12H2,1H3. The van der Waals surface area contributed by atoms with E-state index in [0.29, 0.717) is 19.7 Å². The number of ether oxygens (including phenoxy) is 1. The summed E-state index contributed by atoms with van der Waals surface area (Å²) in [6, 6.07) is 5.83. The molecular weight excluding hydrogens is 298 g/mol. The third-order valence-corrected chi connectivity index (χ3v) is 5.21. The Labute approximate surface area is 134 Å². The Bertz CT molecular complexity index is 594. The lowest BCUT2D eigenvalue weighted by Gasteiger charge is -2.20. The quantitative estimate of drug-likeness (QED) is 0.818. The number of fused-ring (bicyclic) bond motifs is 1. The number of rotatable bonds is 6. The van der Waals surface area contributed by atoms with Gasteiger partial charge in [-0.1, -0.05) is 0 Å². The Morgan fingerprint density at radius 2 is 2.27 bits per heavy atom. The van der Waals surface area contributed by atoms with Crippen molar-refractivity contribution in [2.45, 2.75) is 32.2 Å². The van der Waals surface area contributed by atoms with Crippen molar-refractivity contribution in [1.29, 1.82) is 0 Å². The number of furan rings is 1. The Hall–Kier alpha value is -1.59. The van der Waals surface area contributed by atoms with Gasteiger partial charge < -0.3 is 14.1 Å². The fraction of sp³-hybridized carbons (Fsp3) is 0.471. The Morgan fingerprint density at radius 1 is 1.41 bits per heavy atom. The molecule has 5 heteroatoms. The maximum atomic E-state index is 12.8. The van der Waals surface area contributed by atoms with Crippen molar-refractivity contribution >= 4 is 17.2 Å². The summed E-state index contributed by atoms with van der Waals surface area (Å²) in [6.07, 6.45) is 6.33. The average molecular weight is 319 g/mol. The van der Waals surface area contributed by atoms with Crippen LogP contribution < -0.4 is 0 Å². The van der Waals surface area contributed by atoms with Crippen molar-refractivity contribution < 1.29 is 13.9 Å². The van der Waals surface area contributed by atoms with E-state index in [9.17, 15) is 4.79 Å². The first kappa shape index (κ1) is 15.3. The Balaban J connectivity index is 1.76. The summed E-state index contributed by atoms with van der Waals surface area (Å²) in [5.41, 5.74) is 1.37. The van der Waals surface area contributed by atoms with Gasteiger partial charge in [0, 0.05) is 18.5 Å². The van der Waals surface area contributed by atoms with Gasteiger partial charge >= 0.3 is 0 Å². The van der Waals surface area contributed by atoms with Gasteiger partial charge in [0.1, 0.15) is 5.76 Å². The lowest BCUT2D eigenvalue weighted by molar-refractivity contribution is 0.0671. The maximum absolute atomic E-state index is 12.8. The molecule has 118 valence electrons. The number of carbonyl (C=O) groups excluding carboxylic acids is 1. The Morgan fingerprint density at radius 3 is 3.00 bits per heavy atom. The molecule has 2 aromatic rings. The van der Waals surface area contributed by atoms with Gasteiger partial charge in [-0.25, -0.2) is 0 Å². The van der Waals surface area contributed by atoms with E-state index < -0.39 is 0 Å². The van der Waals surface area contributed by atoms with E-state index in [1.807, 2.05) is 12.1 Å². The molecule has 1 amide bonds. The van der Waals surface area contributed by atoms with E-state index in [1.165, 1.54) is 23.3 Å². The molecule has 22 heavy (non-hydrogen) atoms. The molecule has 1 aliphatic rings. The molecule has 0 radical (unpaired) electrons. The highest BCUT2D eigenvalue weighted by atomic mass is 32.1. The lowest BCUT2D eigenvalue weighted by Crippen LogP contribution is -2.32. The predicted molar refractivity (Wildman–Crippen MR) is 86.3 cm³/mol. The van der Waals surface area contributed by atoms with Crippen LogP contribution in [0.5, 0.6) is 0 Å². The number of aryl methyl sites for hydroxylation is 2. The molecule has 4 nitrogen and oxygen atoms in total. The number of thiophene rings is 1. The lowest BCUT2D eigenvalue weighted by atomic mass is 9.99. The van der Waals surface area contributed by atoms with E-state index in [2.05, 4.69) is 6.07 Å². The summed E-state index contributed by atoms with van der Waals surface area (Å²) in [5, 5.41) is 0. The largest absolute Gasteiger partial charge is 0.467 e. The monoisotopic (exact) mass is 319 g/mol. The number of hydrogen-bond acceptors (Lipinski definition) is 4. The second-order valence-electron chi connectivity index (χ2n) is 5.57. The Kier molecular flexibility index (Phi) is 4.95. The third-order valence-electron chi connectivity index (χ3n) is 3.99. The minimum absolute atomic E-state index is 0.0767. The first-order valence-corrected chi connectivity index (χ1v) is 8.52. The highest BCUT2D eigenvalue weighted by Crippen LogP contribution is 2.30. The van der Waals surface area contributed by atoms with E-state index >= 15 is 0 Å². The molecule has 0 fully saturated rings. The van der Waals surface area contributed by atoms with Crippen LogP contribution in [0, 0.1) is 0 Å². The van der Waals surface area contributed by atoms with Gasteiger partial charge in [0.25, 0.3) is 5.91 Å². The molecule has 0 aromatic carbocycles. The zero-order valence-electron chi connectivity index (χ0n) is 12.8. The second kappa shape index (κ2) is 7.11. The van der Waals surface area contributed by atoms with E-state index in [0.717, 1.165) is 23.5 Å². The van der Waals surface area contributed by atoms with Crippen molar-refractivity contribution in [2.75, 3.05) is 20.3 Å². The smallest absolute Gasteiger partial charge is 0.264 e. The van der Waals surface area contributed by atoms with Crippen LogP contribution in [0.15, 0.2) is 28.9 Å². The molecule has 2 heterocycles. The molecule has 3 rings (SSSR count). The molecule has 1 aliphatic carbocycles. The summed E-state index contributed by atoms with van der Waals surface area (Å²) in [5.74, 6) is 0.874. The SMILES string of the molecule is COCCN(Cc1ccco1)C(=O)c1cc2c(s1)CCCC2. The zero-order chi connectivity index (χ0) is 15.4. The fourth-order valence-corrected chi connectivity index (χ4v) is 4.02. The van der Waals surface area contributed by atoms with E-state index in [-0.39, 0.29) is 5.91 Å². The van der Waals surface area contributed by atoms with Gasteiger partial charge in [0.2, 0.25) is 0 Å². The van der Waals surface area contributed by atoms with Crippen LogP contribution in [0.3, 0.4) is 0 Å². The average Bonchev–Trinajstić information content (AvgIpc) is 3.19. The van der Waals surface area contributed by atoms with Crippen LogP contribution in [-0.2, 0) is 24.1 Å². The summed E-state index contributed by atoms with van der Waals surface area (Å²) in [7, 11) is 1.65. The van der Waals surface area contributed by atoms with Crippen LogP contribution in [0.4, 0.5) is 0 Å². The predicted octanol–water partition coefficient (Wildman–Crippen LogP) is 3.51. The van der Waals surface area contributed by atoms with E-state index in [4.69, 9.17) is 9.15 Å². The zero-order valence-corrected chi connectivity index (χ0v) is 13.7. The van der Waals surface area contributed by atoms with Crippen LogP contribution in [0.1, 0.15) is 38.7 Å². The first-order valence-electron chi connectivity index (χ1n) is 7.70. The summed E-state index contributed by atoms with van der Waals surface area (Å²) >= 11 is 1.66. The van der Waals surface area contributed by atoms with Crippen LogP contribution >= 0.6 is 11.3 Å². The summed E-state index contributed by atoms with van der Waals surface area (Å²) in [6.45, 7) is 1.58. The molecule has 0 atom stereocenters. The van der Waals surface area contributed by atoms with Gasteiger partial charge in [0.15, 0.2) is 0 Å². The van der Waals surface area contributed by atoms with Gasteiger partial charge in [-0.15, -0.1) is 11.3 Å². The molecule has 0 unspecified atom stereocenters. The highest BCUT2D eigenvalue weighted by molar-refractivity contribution is 7.14.